The van der Waals surface area contributed by atoms with E-state index in [1.54, 1.807) is 10.7 Å². The topological polar surface area (TPSA) is 110 Å². The number of hydrogen-bond donors (Lipinski definition) is 2. The van der Waals surface area contributed by atoms with Gasteiger partial charge in [-0.15, -0.1) is 12.4 Å². The second-order valence-corrected chi connectivity index (χ2v) is 6.21. The molecule has 0 radical (unpaired) electrons. The number of nitrogens with one attached hydrogen (secondary N) is 2. The molecule has 3 aromatic rings. The molecular weight excluding hydrogens is 358 g/mol. The van der Waals surface area contributed by atoms with E-state index >= 15 is 0 Å². The van der Waals surface area contributed by atoms with Gasteiger partial charge in [0, 0.05) is 11.4 Å². The molecule has 4 rings (SSSR count). The van der Waals surface area contributed by atoms with Gasteiger partial charge in [0.05, 0.1) is 24.3 Å². The van der Waals surface area contributed by atoms with E-state index in [1.165, 1.54) is 0 Å². The van der Waals surface area contributed by atoms with Gasteiger partial charge in [-0.2, -0.15) is 10.1 Å². The maximum absolute atomic E-state index is 12.0. The molecular formula is C16H20ClN7O2. The van der Waals surface area contributed by atoms with Crippen LogP contribution in [0.1, 0.15) is 30.1 Å². The predicted octanol–water partition coefficient (Wildman–Crippen LogP) is 1.19. The van der Waals surface area contributed by atoms with Crippen molar-refractivity contribution in [3.63, 3.8) is 0 Å². The lowest BCUT2D eigenvalue weighted by atomic mass is 10.2. The van der Waals surface area contributed by atoms with Gasteiger partial charge >= 0.3 is 0 Å². The third-order valence-electron chi connectivity index (χ3n) is 4.28. The minimum atomic E-state index is -0.128. The van der Waals surface area contributed by atoms with Crippen LogP contribution < -0.4 is 10.6 Å². The monoisotopic (exact) mass is 377 g/mol. The highest BCUT2D eigenvalue weighted by Crippen LogP contribution is 2.21. The van der Waals surface area contributed by atoms with E-state index in [1.807, 2.05) is 19.9 Å². The standard InChI is InChI=1S/C16H19N7O2.ClH/c1-9-6-10(2)23-15(20-9)11(7-19-23)14-21-13(25-22-14)8-18-16(24)12-4-3-5-17-12;/h6-7,12,17H,3-5,8H2,1-2H3,(H,18,24);1H. The Labute approximate surface area is 156 Å². The highest BCUT2D eigenvalue weighted by molar-refractivity contribution is 5.85. The van der Waals surface area contributed by atoms with Gasteiger partial charge in [-0.1, -0.05) is 5.16 Å². The third kappa shape index (κ3) is 3.40. The lowest BCUT2D eigenvalue weighted by Crippen LogP contribution is -2.40. The molecule has 0 aliphatic carbocycles. The summed E-state index contributed by atoms with van der Waals surface area (Å²) in [7, 11) is 0. The molecule has 0 bridgehead atoms. The van der Waals surface area contributed by atoms with Gasteiger partial charge in [-0.3, -0.25) is 4.79 Å². The van der Waals surface area contributed by atoms with Crippen molar-refractivity contribution in [1.29, 1.82) is 0 Å². The number of nitrogens with zero attached hydrogens (tertiary/aromatic N) is 5. The summed E-state index contributed by atoms with van der Waals surface area (Å²) in [6, 6.07) is 1.83. The van der Waals surface area contributed by atoms with Crippen molar-refractivity contribution in [3.8, 4) is 11.4 Å². The highest BCUT2D eigenvalue weighted by atomic mass is 35.5. The number of rotatable bonds is 4. The normalized spacial score (nSPS) is 16.6. The first-order valence-electron chi connectivity index (χ1n) is 8.28. The van der Waals surface area contributed by atoms with Crippen LogP contribution in [0.3, 0.4) is 0 Å². The Kier molecular flexibility index (Phi) is 5.19. The number of aromatic nitrogens is 5. The highest BCUT2D eigenvalue weighted by Gasteiger charge is 2.22. The summed E-state index contributed by atoms with van der Waals surface area (Å²) in [4.78, 5) is 20.9. The Balaban J connectivity index is 0.00000196. The number of hydrogen-bond acceptors (Lipinski definition) is 7. The minimum Gasteiger partial charge on any atom is -0.346 e. The van der Waals surface area contributed by atoms with Crippen LogP contribution in [0, 0.1) is 13.8 Å². The molecule has 1 amide bonds. The molecule has 3 aromatic heterocycles. The zero-order valence-corrected chi connectivity index (χ0v) is 15.3. The Bertz CT molecular complexity index is 930. The van der Waals surface area contributed by atoms with Gasteiger partial charge < -0.3 is 15.2 Å². The zero-order chi connectivity index (χ0) is 17.4. The van der Waals surface area contributed by atoms with Gasteiger partial charge in [-0.25, -0.2) is 9.50 Å². The largest absolute Gasteiger partial charge is 0.346 e. The van der Waals surface area contributed by atoms with Crippen LogP contribution in [0.2, 0.25) is 0 Å². The van der Waals surface area contributed by atoms with Gasteiger partial charge in [0.25, 0.3) is 0 Å². The van der Waals surface area contributed by atoms with E-state index in [-0.39, 0.29) is 30.9 Å². The Hall–Kier alpha value is -2.52. The number of amides is 1. The van der Waals surface area contributed by atoms with Gasteiger partial charge in [0.2, 0.25) is 17.6 Å². The maximum Gasteiger partial charge on any atom is 0.246 e. The lowest BCUT2D eigenvalue weighted by Gasteiger charge is -2.08. The molecule has 26 heavy (non-hydrogen) atoms. The number of aryl methyl sites for hydroxylation is 2. The average molecular weight is 378 g/mol. The van der Waals surface area contributed by atoms with Crippen LogP contribution in [0.15, 0.2) is 16.8 Å². The molecule has 0 aromatic carbocycles. The fourth-order valence-corrected chi connectivity index (χ4v) is 3.06. The molecule has 0 spiro atoms. The number of carbonyl (C=O) groups excluding carboxylic acids is 1. The first-order chi connectivity index (χ1) is 12.1. The number of carbonyl (C=O) groups is 1. The quantitative estimate of drug-likeness (QED) is 0.702. The van der Waals surface area contributed by atoms with Crippen molar-refractivity contribution < 1.29 is 9.32 Å². The van der Waals surface area contributed by atoms with E-state index in [0.29, 0.717) is 22.9 Å². The van der Waals surface area contributed by atoms with Crippen LogP contribution in [0.25, 0.3) is 17.0 Å². The van der Waals surface area contributed by atoms with Gasteiger partial charge in [-0.05, 0) is 39.3 Å². The smallest absolute Gasteiger partial charge is 0.246 e. The molecule has 0 saturated carbocycles. The Morgan fingerprint density at radius 2 is 2.27 bits per heavy atom. The maximum atomic E-state index is 12.0. The van der Waals surface area contributed by atoms with Crippen molar-refractivity contribution in [2.24, 2.45) is 0 Å². The minimum absolute atomic E-state index is 0. The number of fused-ring (bicyclic) bond motifs is 1. The van der Waals surface area contributed by atoms with E-state index in [4.69, 9.17) is 4.52 Å². The summed E-state index contributed by atoms with van der Waals surface area (Å²) >= 11 is 0. The average Bonchev–Trinajstić information content (AvgIpc) is 3.32. The first kappa shape index (κ1) is 18.3. The summed E-state index contributed by atoms with van der Waals surface area (Å²) in [5, 5.41) is 14.3. The van der Waals surface area contributed by atoms with Crippen molar-refractivity contribution >= 4 is 24.0 Å². The molecule has 4 heterocycles. The van der Waals surface area contributed by atoms with Crippen LogP contribution in [0.5, 0.6) is 0 Å². The van der Waals surface area contributed by atoms with E-state index in [9.17, 15) is 4.79 Å². The molecule has 1 aliphatic rings. The molecule has 2 N–H and O–H groups in total. The summed E-state index contributed by atoms with van der Waals surface area (Å²) in [6.07, 6.45) is 3.54. The van der Waals surface area contributed by atoms with Gasteiger partial charge in [0.15, 0.2) is 5.65 Å². The first-order valence-corrected chi connectivity index (χ1v) is 8.28. The summed E-state index contributed by atoms with van der Waals surface area (Å²) in [5.41, 5.74) is 3.26. The predicted molar refractivity (Wildman–Crippen MR) is 95.9 cm³/mol. The lowest BCUT2D eigenvalue weighted by molar-refractivity contribution is -0.123. The third-order valence-corrected chi connectivity index (χ3v) is 4.28. The molecule has 1 unspecified atom stereocenters. The van der Waals surface area contributed by atoms with Crippen LogP contribution in [-0.4, -0.2) is 43.2 Å². The van der Waals surface area contributed by atoms with Crippen molar-refractivity contribution in [3.05, 3.63) is 29.5 Å². The van der Waals surface area contributed by atoms with E-state index in [0.717, 1.165) is 30.8 Å². The second-order valence-electron chi connectivity index (χ2n) is 6.21. The Morgan fingerprint density at radius 1 is 1.42 bits per heavy atom. The fraction of sp³-hybridized carbons (Fsp3) is 0.438. The summed E-state index contributed by atoms with van der Waals surface area (Å²) < 4.78 is 6.99. The molecule has 1 aliphatic heterocycles. The zero-order valence-electron chi connectivity index (χ0n) is 14.5. The van der Waals surface area contributed by atoms with Gasteiger partial charge in [0.1, 0.15) is 0 Å². The SMILES string of the molecule is Cc1cc(C)n2ncc(-c3noc(CNC(=O)C4CCCN4)n3)c2n1.Cl. The summed E-state index contributed by atoms with van der Waals surface area (Å²) in [5.74, 6) is 0.724. The summed E-state index contributed by atoms with van der Waals surface area (Å²) in [6.45, 7) is 4.97. The van der Waals surface area contributed by atoms with Crippen molar-refractivity contribution in [1.82, 2.24) is 35.4 Å². The van der Waals surface area contributed by atoms with Crippen molar-refractivity contribution in [2.75, 3.05) is 6.54 Å². The van der Waals surface area contributed by atoms with Crippen LogP contribution in [-0.2, 0) is 11.3 Å². The molecule has 9 nitrogen and oxygen atoms in total. The Morgan fingerprint density at radius 3 is 3.04 bits per heavy atom. The fourth-order valence-electron chi connectivity index (χ4n) is 3.06. The van der Waals surface area contributed by atoms with E-state index < -0.39 is 0 Å². The number of halogens is 1. The molecule has 1 saturated heterocycles. The molecule has 10 heteroatoms. The van der Waals surface area contributed by atoms with E-state index in [2.05, 4.69) is 30.9 Å². The van der Waals surface area contributed by atoms with Crippen LogP contribution >= 0.6 is 12.4 Å². The van der Waals surface area contributed by atoms with Crippen LogP contribution in [0.4, 0.5) is 0 Å². The van der Waals surface area contributed by atoms with Crippen molar-refractivity contribution in [2.45, 2.75) is 39.3 Å². The molecule has 138 valence electrons. The second kappa shape index (κ2) is 7.38. The molecule has 1 atom stereocenters. The molecule has 1 fully saturated rings.